The lowest BCUT2D eigenvalue weighted by atomic mass is 10.1. The number of carbonyl (C=O) groups is 3. The maximum Gasteiger partial charge on any atom is 0.332 e. The average Bonchev–Trinajstić information content (AvgIpc) is 3.03. The topological polar surface area (TPSA) is 88.2 Å². The van der Waals surface area contributed by atoms with Gasteiger partial charge in [0.2, 0.25) is 5.91 Å². The van der Waals surface area contributed by atoms with Crippen molar-refractivity contribution < 1.29 is 23.9 Å². The van der Waals surface area contributed by atoms with Gasteiger partial charge in [-0.3, -0.25) is 9.59 Å². The van der Waals surface area contributed by atoms with E-state index in [1.54, 1.807) is 48.5 Å². The van der Waals surface area contributed by atoms with Crippen molar-refractivity contribution in [3.63, 3.8) is 0 Å². The number of anilines is 2. The first-order valence-corrected chi connectivity index (χ1v) is 10.4. The fraction of sp³-hybridized carbons (Fsp3) is 0.292. The molecule has 1 saturated heterocycles. The second-order valence-electron chi connectivity index (χ2n) is 7.24. The van der Waals surface area contributed by atoms with Crippen LogP contribution in [0.25, 0.3) is 0 Å². The molecule has 1 N–H and O–H groups in total. The Morgan fingerprint density at radius 1 is 1.09 bits per heavy atom. The normalized spacial score (nSPS) is 15.6. The Labute approximate surface area is 187 Å². The van der Waals surface area contributed by atoms with Gasteiger partial charge >= 0.3 is 6.03 Å². The monoisotopic (exact) mass is 437 g/mol. The van der Waals surface area contributed by atoms with Crippen molar-refractivity contribution in [1.82, 2.24) is 4.90 Å². The lowest BCUT2D eigenvalue weighted by Gasteiger charge is -2.19. The van der Waals surface area contributed by atoms with Crippen molar-refractivity contribution >= 4 is 29.2 Å². The molecule has 0 aromatic heterocycles. The average molecular weight is 437 g/mol. The summed E-state index contributed by atoms with van der Waals surface area (Å²) in [4.78, 5) is 41.1. The molecule has 1 heterocycles. The third-order valence-corrected chi connectivity index (χ3v) is 4.96. The molecule has 0 radical (unpaired) electrons. The van der Waals surface area contributed by atoms with Crippen molar-refractivity contribution in [1.29, 1.82) is 0 Å². The Kier molecular flexibility index (Phi) is 7.49. The summed E-state index contributed by atoms with van der Waals surface area (Å²) in [7, 11) is 1.54. The smallest absolute Gasteiger partial charge is 0.332 e. The Morgan fingerprint density at radius 2 is 1.75 bits per heavy atom. The molecular formula is C24H27N3O5. The van der Waals surface area contributed by atoms with E-state index >= 15 is 0 Å². The summed E-state index contributed by atoms with van der Waals surface area (Å²) < 4.78 is 10.7. The van der Waals surface area contributed by atoms with E-state index < -0.39 is 18.0 Å². The number of imide groups is 1. The first-order valence-electron chi connectivity index (χ1n) is 10.4. The second kappa shape index (κ2) is 10.5. The molecule has 4 amide bonds. The van der Waals surface area contributed by atoms with Gasteiger partial charge in [0.05, 0.1) is 25.8 Å². The van der Waals surface area contributed by atoms with Gasteiger partial charge in [-0.15, -0.1) is 6.58 Å². The van der Waals surface area contributed by atoms with Crippen LogP contribution in [0.1, 0.15) is 19.8 Å². The van der Waals surface area contributed by atoms with E-state index in [9.17, 15) is 14.4 Å². The van der Waals surface area contributed by atoms with E-state index in [4.69, 9.17) is 9.47 Å². The molecule has 8 nitrogen and oxygen atoms in total. The molecule has 0 saturated carbocycles. The highest BCUT2D eigenvalue weighted by Crippen LogP contribution is 2.28. The number of nitrogens with zero attached hydrogens (tertiary/aromatic N) is 2. The Bertz CT molecular complexity index is 972. The van der Waals surface area contributed by atoms with Gasteiger partial charge in [0, 0.05) is 12.2 Å². The highest BCUT2D eigenvalue weighted by atomic mass is 16.5. The fourth-order valence-corrected chi connectivity index (χ4v) is 3.39. The number of rotatable bonds is 10. The zero-order valence-electron chi connectivity index (χ0n) is 18.2. The SMILES string of the molecule is C=CCN1C(=O)N(c2ccc(OC)cc2)C(=O)C1CC(=O)Nc1ccc(OCCC)cc1. The number of hydrogen-bond donors (Lipinski definition) is 1. The van der Waals surface area contributed by atoms with Gasteiger partial charge in [0.15, 0.2) is 0 Å². The largest absolute Gasteiger partial charge is 0.497 e. The van der Waals surface area contributed by atoms with Gasteiger partial charge in [-0.1, -0.05) is 13.0 Å². The molecule has 0 aliphatic carbocycles. The van der Waals surface area contributed by atoms with E-state index in [0.29, 0.717) is 29.5 Å². The van der Waals surface area contributed by atoms with Crippen LogP contribution < -0.4 is 19.7 Å². The maximum absolute atomic E-state index is 13.1. The molecule has 168 valence electrons. The summed E-state index contributed by atoms with van der Waals surface area (Å²) in [5.74, 6) is 0.496. The number of urea groups is 1. The molecule has 0 bridgehead atoms. The number of carbonyl (C=O) groups excluding carboxylic acids is 3. The van der Waals surface area contributed by atoms with Gasteiger partial charge in [-0.05, 0) is 55.0 Å². The fourth-order valence-electron chi connectivity index (χ4n) is 3.39. The van der Waals surface area contributed by atoms with Gasteiger partial charge in [-0.2, -0.15) is 0 Å². The Hall–Kier alpha value is -3.81. The van der Waals surface area contributed by atoms with Gasteiger partial charge < -0.3 is 19.7 Å². The van der Waals surface area contributed by atoms with Crippen molar-refractivity contribution in [2.45, 2.75) is 25.8 Å². The van der Waals surface area contributed by atoms with Crippen LogP contribution in [0.3, 0.4) is 0 Å². The molecule has 3 rings (SSSR count). The van der Waals surface area contributed by atoms with Crippen molar-refractivity contribution in [3.8, 4) is 11.5 Å². The van der Waals surface area contributed by atoms with Crippen LogP contribution in [0.2, 0.25) is 0 Å². The standard InChI is InChI=1S/C24H27N3O5/c1-4-14-26-21(16-22(28)25-17-6-10-20(11-7-17)32-15-5-2)23(29)27(24(26)30)18-8-12-19(31-3)13-9-18/h4,6-13,21H,1,5,14-16H2,2-3H3,(H,25,28). The summed E-state index contributed by atoms with van der Waals surface area (Å²) in [6, 6.07) is 12.2. The molecule has 1 aliphatic heterocycles. The number of hydrogen-bond acceptors (Lipinski definition) is 5. The minimum Gasteiger partial charge on any atom is -0.497 e. The summed E-state index contributed by atoms with van der Waals surface area (Å²) in [5, 5.41) is 2.77. The molecule has 1 fully saturated rings. The second-order valence-corrected chi connectivity index (χ2v) is 7.24. The van der Waals surface area contributed by atoms with E-state index in [0.717, 1.165) is 11.3 Å². The lowest BCUT2D eigenvalue weighted by Crippen LogP contribution is -2.38. The van der Waals surface area contributed by atoms with E-state index in [2.05, 4.69) is 11.9 Å². The third kappa shape index (κ3) is 5.08. The van der Waals surface area contributed by atoms with E-state index in [1.165, 1.54) is 18.1 Å². The maximum atomic E-state index is 13.1. The zero-order chi connectivity index (χ0) is 23.1. The van der Waals surface area contributed by atoms with E-state index in [-0.39, 0.29) is 18.9 Å². The van der Waals surface area contributed by atoms with Crippen molar-refractivity contribution in [2.75, 3.05) is 30.5 Å². The summed E-state index contributed by atoms with van der Waals surface area (Å²) in [5.41, 5.74) is 0.998. The summed E-state index contributed by atoms with van der Waals surface area (Å²) >= 11 is 0. The highest BCUT2D eigenvalue weighted by Gasteiger charge is 2.46. The minimum atomic E-state index is -0.922. The van der Waals surface area contributed by atoms with Crippen LogP contribution in [0, 0.1) is 0 Å². The lowest BCUT2D eigenvalue weighted by molar-refractivity contribution is -0.124. The van der Waals surface area contributed by atoms with Crippen LogP contribution in [0.5, 0.6) is 11.5 Å². The van der Waals surface area contributed by atoms with Crippen molar-refractivity contribution in [2.24, 2.45) is 0 Å². The molecule has 2 aromatic carbocycles. The van der Waals surface area contributed by atoms with E-state index in [1.807, 2.05) is 6.92 Å². The van der Waals surface area contributed by atoms with Crippen LogP contribution in [-0.4, -0.2) is 49.0 Å². The zero-order valence-corrected chi connectivity index (χ0v) is 18.2. The molecule has 1 unspecified atom stereocenters. The molecule has 2 aromatic rings. The third-order valence-electron chi connectivity index (χ3n) is 4.96. The first kappa shape index (κ1) is 22.9. The number of ether oxygens (including phenoxy) is 2. The van der Waals surface area contributed by atoms with Crippen molar-refractivity contribution in [3.05, 3.63) is 61.2 Å². The highest BCUT2D eigenvalue weighted by molar-refractivity contribution is 6.22. The van der Waals surface area contributed by atoms with Crippen LogP contribution in [0.15, 0.2) is 61.2 Å². The predicted octanol–water partition coefficient (Wildman–Crippen LogP) is 3.84. The van der Waals surface area contributed by atoms with Gasteiger partial charge in [0.1, 0.15) is 17.5 Å². The Balaban J connectivity index is 1.71. The molecule has 1 aliphatic rings. The van der Waals surface area contributed by atoms with Crippen LogP contribution >= 0.6 is 0 Å². The molecule has 0 spiro atoms. The minimum absolute atomic E-state index is 0.151. The molecule has 8 heteroatoms. The van der Waals surface area contributed by atoms with Gasteiger partial charge in [0.25, 0.3) is 5.91 Å². The summed E-state index contributed by atoms with van der Waals surface area (Å²) in [6.07, 6.45) is 2.27. The number of amides is 4. The van der Waals surface area contributed by atoms with Gasteiger partial charge in [-0.25, -0.2) is 9.69 Å². The Morgan fingerprint density at radius 3 is 2.34 bits per heavy atom. The predicted molar refractivity (Wildman–Crippen MR) is 122 cm³/mol. The first-order chi connectivity index (χ1) is 15.5. The van der Waals surface area contributed by atoms with Crippen LogP contribution in [0.4, 0.5) is 16.2 Å². The molecule has 1 atom stereocenters. The number of methoxy groups -OCH3 is 1. The number of nitrogens with one attached hydrogen (secondary N) is 1. The molecule has 32 heavy (non-hydrogen) atoms. The number of benzene rings is 2. The van der Waals surface area contributed by atoms with Crippen LogP contribution in [-0.2, 0) is 9.59 Å². The quantitative estimate of drug-likeness (QED) is 0.451. The summed E-state index contributed by atoms with van der Waals surface area (Å²) in [6.45, 7) is 6.45. The molecular weight excluding hydrogens is 410 g/mol.